The first kappa shape index (κ1) is 15.8. The van der Waals surface area contributed by atoms with Crippen molar-refractivity contribution in [3.8, 4) is 0 Å². The first-order valence-corrected chi connectivity index (χ1v) is 4.74. The van der Waals surface area contributed by atoms with Crippen molar-refractivity contribution in [2.45, 2.75) is 6.18 Å². The number of benzene rings is 1. The molecule has 0 fully saturated rings. The molecular formula is C9H5F5N2O4. The Kier molecular flexibility index (Phi) is 4.55. The SMILES string of the molecule is O=C(NOCC(F)(F)F)c1cc(F)c(F)cc1[N+](=O)[O-]. The third-order valence-electron chi connectivity index (χ3n) is 1.88. The zero-order valence-electron chi connectivity index (χ0n) is 9.33. The van der Waals surface area contributed by atoms with E-state index in [4.69, 9.17) is 0 Å². The van der Waals surface area contributed by atoms with E-state index in [0.717, 1.165) is 0 Å². The molecule has 1 N–H and O–H groups in total. The summed E-state index contributed by atoms with van der Waals surface area (Å²) >= 11 is 0. The summed E-state index contributed by atoms with van der Waals surface area (Å²) in [5.74, 6) is -4.67. The minimum Gasteiger partial charge on any atom is -0.267 e. The number of nitrogens with one attached hydrogen (secondary N) is 1. The van der Waals surface area contributed by atoms with Crippen molar-refractivity contribution in [1.82, 2.24) is 5.48 Å². The number of nitro benzene ring substituents is 1. The number of nitrogens with zero attached hydrogens (tertiary/aromatic N) is 1. The predicted octanol–water partition coefficient (Wildman–Crippen LogP) is 2.10. The number of rotatable bonds is 4. The van der Waals surface area contributed by atoms with Gasteiger partial charge in [0, 0.05) is 0 Å². The maximum atomic E-state index is 12.9. The molecule has 6 nitrogen and oxygen atoms in total. The van der Waals surface area contributed by atoms with Crippen LogP contribution in [-0.4, -0.2) is 23.6 Å². The molecule has 0 heterocycles. The molecule has 0 aromatic heterocycles. The van der Waals surface area contributed by atoms with Crippen LogP contribution in [0.5, 0.6) is 0 Å². The van der Waals surface area contributed by atoms with Crippen LogP contribution in [0, 0.1) is 21.7 Å². The summed E-state index contributed by atoms with van der Waals surface area (Å²) in [6, 6.07) is 0.313. The first-order chi connectivity index (χ1) is 9.11. The molecule has 1 aromatic carbocycles. The van der Waals surface area contributed by atoms with E-state index in [-0.39, 0.29) is 12.1 Å². The minimum atomic E-state index is -4.74. The van der Waals surface area contributed by atoms with E-state index < -0.39 is 46.5 Å². The van der Waals surface area contributed by atoms with Gasteiger partial charge in [-0.15, -0.1) is 0 Å². The van der Waals surface area contributed by atoms with Gasteiger partial charge < -0.3 is 0 Å². The standard InChI is InChI=1S/C9H5F5N2O4/c10-5-1-4(7(16(18)19)2-6(5)11)8(17)15-20-3-9(12,13)14/h1-2H,3H2,(H,15,17). The van der Waals surface area contributed by atoms with Crippen molar-refractivity contribution in [1.29, 1.82) is 0 Å². The second-order valence-corrected chi connectivity index (χ2v) is 3.38. The number of alkyl halides is 3. The average molecular weight is 300 g/mol. The summed E-state index contributed by atoms with van der Waals surface area (Å²) in [6.07, 6.45) is -4.74. The number of carbonyl (C=O) groups excluding carboxylic acids is 1. The Morgan fingerprint density at radius 1 is 1.30 bits per heavy atom. The van der Waals surface area contributed by atoms with Crippen LogP contribution in [-0.2, 0) is 4.84 Å². The van der Waals surface area contributed by atoms with E-state index in [1.807, 2.05) is 0 Å². The van der Waals surface area contributed by atoms with Gasteiger partial charge in [-0.05, 0) is 6.07 Å². The number of hydroxylamine groups is 1. The third-order valence-corrected chi connectivity index (χ3v) is 1.88. The summed E-state index contributed by atoms with van der Waals surface area (Å²) in [5.41, 5.74) is -0.845. The van der Waals surface area contributed by atoms with Crippen molar-refractivity contribution >= 4 is 11.6 Å². The van der Waals surface area contributed by atoms with Gasteiger partial charge in [0.25, 0.3) is 11.6 Å². The summed E-state index contributed by atoms with van der Waals surface area (Å²) in [6.45, 7) is -1.85. The molecule has 0 aliphatic heterocycles. The second kappa shape index (κ2) is 5.77. The van der Waals surface area contributed by atoms with Crippen molar-refractivity contribution in [2.24, 2.45) is 0 Å². The number of halogens is 5. The molecule has 0 spiro atoms. The lowest BCUT2D eigenvalue weighted by Crippen LogP contribution is -2.30. The Balaban J connectivity index is 2.92. The zero-order chi connectivity index (χ0) is 15.5. The van der Waals surface area contributed by atoms with E-state index in [0.29, 0.717) is 0 Å². The third kappa shape index (κ3) is 4.12. The number of amides is 1. The quantitative estimate of drug-likeness (QED) is 0.524. The van der Waals surface area contributed by atoms with E-state index in [1.54, 1.807) is 0 Å². The maximum absolute atomic E-state index is 12.9. The van der Waals surface area contributed by atoms with Crippen LogP contribution >= 0.6 is 0 Å². The van der Waals surface area contributed by atoms with E-state index in [1.165, 1.54) is 5.48 Å². The molecule has 0 radical (unpaired) electrons. The van der Waals surface area contributed by atoms with Gasteiger partial charge in [0.2, 0.25) is 0 Å². The fourth-order valence-corrected chi connectivity index (χ4v) is 1.11. The maximum Gasteiger partial charge on any atom is 0.414 e. The highest BCUT2D eigenvalue weighted by Crippen LogP contribution is 2.22. The minimum absolute atomic E-state index is 0.133. The van der Waals surface area contributed by atoms with Crippen LogP contribution in [0.1, 0.15) is 10.4 Å². The normalized spacial score (nSPS) is 11.2. The average Bonchev–Trinajstić information content (AvgIpc) is 2.29. The Hall–Kier alpha value is -2.30. The Morgan fingerprint density at radius 2 is 1.85 bits per heavy atom. The monoisotopic (exact) mass is 300 g/mol. The van der Waals surface area contributed by atoms with Crippen molar-refractivity contribution < 1.29 is 36.5 Å². The highest BCUT2D eigenvalue weighted by Gasteiger charge is 2.29. The Labute approximate surface area is 107 Å². The zero-order valence-corrected chi connectivity index (χ0v) is 9.33. The first-order valence-electron chi connectivity index (χ1n) is 4.74. The molecule has 0 saturated heterocycles. The van der Waals surface area contributed by atoms with Crippen LogP contribution in [0.15, 0.2) is 12.1 Å². The lowest BCUT2D eigenvalue weighted by molar-refractivity contribution is -0.385. The number of carbonyl (C=O) groups is 1. The van der Waals surface area contributed by atoms with Crippen molar-refractivity contribution in [2.75, 3.05) is 6.61 Å². The molecule has 0 atom stereocenters. The second-order valence-electron chi connectivity index (χ2n) is 3.38. The van der Waals surface area contributed by atoms with Gasteiger partial charge in [-0.3, -0.25) is 19.7 Å². The molecule has 0 bridgehead atoms. The molecular weight excluding hydrogens is 295 g/mol. The molecule has 1 aromatic rings. The number of hydrogen-bond acceptors (Lipinski definition) is 4. The predicted molar refractivity (Wildman–Crippen MR) is 52.5 cm³/mol. The molecule has 0 saturated carbocycles. The van der Waals surface area contributed by atoms with Gasteiger partial charge >= 0.3 is 6.18 Å². The van der Waals surface area contributed by atoms with Gasteiger partial charge in [0.1, 0.15) is 5.56 Å². The van der Waals surface area contributed by atoms with Crippen LogP contribution in [0.3, 0.4) is 0 Å². The van der Waals surface area contributed by atoms with Crippen molar-refractivity contribution in [3.63, 3.8) is 0 Å². The molecule has 1 rings (SSSR count). The fourth-order valence-electron chi connectivity index (χ4n) is 1.11. The topological polar surface area (TPSA) is 81.5 Å². The molecule has 0 aliphatic carbocycles. The Bertz CT molecular complexity index is 546. The number of hydrogen-bond donors (Lipinski definition) is 1. The highest BCUT2D eigenvalue weighted by atomic mass is 19.4. The largest absolute Gasteiger partial charge is 0.414 e. The van der Waals surface area contributed by atoms with Gasteiger partial charge in [-0.2, -0.15) is 13.2 Å². The summed E-state index contributed by atoms with van der Waals surface area (Å²) in [7, 11) is 0. The van der Waals surface area contributed by atoms with Gasteiger partial charge in [-0.1, -0.05) is 0 Å². The van der Waals surface area contributed by atoms with Gasteiger partial charge in [-0.25, -0.2) is 14.3 Å². The molecule has 20 heavy (non-hydrogen) atoms. The fraction of sp³-hybridized carbons (Fsp3) is 0.222. The van der Waals surface area contributed by atoms with Crippen LogP contribution in [0.4, 0.5) is 27.6 Å². The van der Waals surface area contributed by atoms with Crippen LogP contribution < -0.4 is 5.48 Å². The molecule has 0 aliphatic rings. The summed E-state index contributed by atoms with van der Waals surface area (Å²) < 4.78 is 60.9. The molecule has 110 valence electrons. The van der Waals surface area contributed by atoms with Crippen molar-refractivity contribution in [3.05, 3.63) is 39.4 Å². The van der Waals surface area contributed by atoms with E-state index in [2.05, 4.69) is 4.84 Å². The van der Waals surface area contributed by atoms with E-state index in [9.17, 15) is 36.9 Å². The molecule has 0 unspecified atom stereocenters. The summed E-state index contributed by atoms with van der Waals surface area (Å²) in [5, 5.41) is 10.5. The molecule has 11 heteroatoms. The smallest absolute Gasteiger partial charge is 0.267 e. The summed E-state index contributed by atoms with van der Waals surface area (Å²) in [4.78, 5) is 24.4. The highest BCUT2D eigenvalue weighted by molar-refractivity contribution is 5.97. The number of nitro groups is 1. The van der Waals surface area contributed by atoms with Gasteiger partial charge in [0.15, 0.2) is 18.2 Å². The Morgan fingerprint density at radius 3 is 2.35 bits per heavy atom. The molecule has 1 amide bonds. The van der Waals surface area contributed by atoms with Crippen LogP contribution in [0.25, 0.3) is 0 Å². The van der Waals surface area contributed by atoms with Crippen LogP contribution in [0.2, 0.25) is 0 Å². The van der Waals surface area contributed by atoms with Gasteiger partial charge in [0.05, 0.1) is 11.0 Å². The lowest BCUT2D eigenvalue weighted by atomic mass is 10.1. The lowest BCUT2D eigenvalue weighted by Gasteiger charge is -2.08. The van der Waals surface area contributed by atoms with E-state index >= 15 is 0 Å².